The fourth-order valence-electron chi connectivity index (χ4n) is 1.45. The summed E-state index contributed by atoms with van der Waals surface area (Å²) in [5.74, 6) is 0.390. The lowest BCUT2D eigenvalue weighted by Gasteiger charge is -2.36. The van der Waals surface area contributed by atoms with E-state index in [0.29, 0.717) is 12.3 Å². The molecule has 2 rings (SSSR count). The van der Waals surface area contributed by atoms with Gasteiger partial charge in [0.2, 0.25) is 0 Å². The van der Waals surface area contributed by atoms with Crippen LogP contribution in [0.1, 0.15) is 0 Å². The molecule has 0 atom stereocenters. The molecule has 2 fully saturated rings. The molecule has 0 aliphatic carbocycles. The summed E-state index contributed by atoms with van der Waals surface area (Å²) in [7, 11) is 0. The van der Waals surface area contributed by atoms with E-state index in [-0.39, 0.29) is 5.41 Å². The van der Waals surface area contributed by atoms with Crippen molar-refractivity contribution in [3.8, 4) is 0 Å². The maximum absolute atomic E-state index is 11.1. The van der Waals surface area contributed by atoms with E-state index in [1.807, 2.05) is 0 Å². The van der Waals surface area contributed by atoms with Crippen molar-refractivity contribution in [3.05, 3.63) is 0 Å². The molecule has 0 amide bonds. The molecule has 0 aromatic carbocycles. The van der Waals surface area contributed by atoms with Crippen LogP contribution in [0.4, 0.5) is 0 Å². The van der Waals surface area contributed by atoms with Crippen LogP contribution in [0.5, 0.6) is 0 Å². The minimum atomic E-state index is 0.0139. The lowest BCUT2D eigenvalue weighted by Crippen LogP contribution is -2.58. The van der Waals surface area contributed by atoms with Crippen molar-refractivity contribution in [2.75, 3.05) is 26.2 Å². The maximum atomic E-state index is 11.1. The fraction of sp³-hybridized carbons (Fsp3) is 0.833. The van der Waals surface area contributed by atoms with Gasteiger partial charge >= 0.3 is 0 Å². The second-order valence-electron chi connectivity index (χ2n) is 2.91. The van der Waals surface area contributed by atoms with Crippen LogP contribution in [-0.4, -0.2) is 32.0 Å². The molecule has 2 aliphatic rings. The summed E-state index contributed by atoms with van der Waals surface area (Å²) in [6, 6.07) is 0. The molecule has 0 saturated carbocycles. The SMILES string of the molecule is O=C1CNCC12CNC2. The van der Waals surface area contributed by atoms with E-state index in [4.69, 9.17) is 0 Å². The Balaban J connectivity index is 2.17. The minimum Gasteiger partial charge on any atom is -0.315 e. The Hall–Kier alpha value is -0.410. The lowest BCUT2D eigenvalue weighted by atomic mass is 9.80. The van der Waals surface area contributed by atoms with E-state index in [2.05, 4.69) is 10.6 Å². The van der Waals surface area contributed by atoms with Crippen molar-refractivity contribution in [1.82, 2.24) is 10.6 Å². The summed E-state index contributed by atoms with van der Waals surface area (Å²) in [6.07, 6.45) is 0. The summed E-state index contributed by atoms with van der Waals surface area (Å²) < 4.78 is 0. The molecule has 3 heteroatoms. The van der Waals surface area contributed by atoms with Crippen molar-refractivity contribution >= 4 is 5.78 Å². The monoisotopic (exact) mass is 126 g/mol. The number of nitrogens with one attached hydrogen (secondary N) is 2. The molecule has 0 unspecified atom stereocenters. The van der Waals surface area contributed by atoms with Crippen LogP contribution in [0.25, 0.3) is 0 Å². The number of Topliss-reactive ketones (excluding diaryl/α,β-unsaturated/α-hetero) is 1. The molecule has 2 N–H and O–H groups in total. The number of ketones is 1. The predicted molar refractivity (Wildman–Crippen MR) is 33.2 cm³/mol. The standard InChI is InChI=1S/C6H10N2O/c9-5-1-7-2-6(5)3-8-4-6/h7-8H,1-4H2. The number of rotatable bonds is 0. The van der Waals surface area contributed by atoms with E-state index in [0.717, 1.165) is 19.6 Å². The van der Waals surface area contributed by atoms with E-state index >= 15 is 0 Å². The Morgan fingerprint density at radius 1 is 1.22 bits per heavy atom. The highest BCUT2D eigenvalue weighted by atomic mass is 16.1. The molecule has 3 nitrogen and oxygen atoms in total. The third-order valence-corrected chi connectivity index (χ3v) is 2.27. The molecule has 0 bridgehead atoms. The number of carbonyl (C=O) groups is 1. The summed E-state index contributed by atoms with van der Waals surface area (Å²) in [4.78, 5) is 11.1. The zero-order valence-corrected chi connectivity index (χ0v) is 5.24. The van der Waals surface area contributed by atoms with Crippen LogP contribution in [0.15, 0.2) is 0 Å². The van der Waals surface area contributed by atoms with Gasteiger partial charge in [0.1, 0.15) is 0 Å². The van der Waals surface area contributed by atoms with Gasteiger partial charge in [-0.1, -0.05) is 0 Å². The zero-order valence-electron chi connectivity index (χ0n) is 5.24. The third-order valence-electron chi connectivity index (χ3n) is 2.27. The van der Waals surface area contributed by atoms with Crippen molar-refractivity contribution in [2.24, 2.45) is 5.41 Å². The van der Waals surface area contributed by atoms with Crippen molar-refractivity contribution in [3.63, 3.8) is 0 Å². The second-order valence-corrected chi connectivity index (χ2v) is 2.91. The van der Waals surface area contributed by atoms with Gasteiger partial charge in [-0.05, 0) is 0 Å². The number of hydrogen-bond donors (Lipinski definition) is 2. The molecule has 1 spiro atoms. The van der Waals surface area contributed by atoms with Gasteiger partial charge in [0.05, 0.1) is 12.0 Å². The highest BCUT2D eigenvalue weighted by Gasteiger charge is 2.46. The topological polar surface area (TPSA) is 41.1 Å². The lowest BCUT2D eigenvalue weighted by molar-refractivity contribution is -0.126. The number of hydrogen-bond acceptors (Lipinski definition) is 3. The van der Waals surface area contributed by atoms with Crippen LogP contribution < -0.4 is 10.6 Å². The van der Waals surface area contributed by atoms with Gasteiger partial charge in [0.25, 0.3) is 0 Å². The summed E-state index contributed by atoms with van der Waals surface area (Å²) in [5, 5.41) is 6.19. The van der Waals surface area contributed by atoms with Crippen molar-refractivity contribution in [2.45, 2.75) is 0 Å². The van der Waals surface area contributed by atoms with Crippen LogP contribution in [0, 0.1) is 5.41 Å². The first kappa shape index (κ1) is 5.38. The number of carbonyl (C=O) groups excluding carboxylic acids is 1. The maximum Gasteiger partial charge on any atom is 0.156 e. The molecular formula is C6H10N2O. The summed E-state index contributed by atoms with van der Waals surface area (Å²) >= 11 is 0. The predicted octanol–water partition coefficient (Wildman–Crippen LogP) is -1.25. The van der Waals surface area contributed by atoms with Crippen molar-refractivity contribution < 1.29 is 4.79 Å². The minimum absolute atomic E-state index is 0.0139. The highest BCUT2D eigenvalue weighted by molar-refractivity contribution is 5.90. The van der Waals surface area contributed by atoms with Crippen LogP contribution in [-0.2, 0) is 4.79 Å². The molecule has 0 radical (unpaired) electrons. The smallest absolute Gasteiger partial charge is 0.156 e. The molecule has 2 saturated heterocycles. The molecule has 0 aromatic rings. The first-order valence-corrected chi connectivity index (χ1v) is 3.28. The quantitative estimate of drug-likeness (QED) is 0.426. The van der Waals surface area contributed by atoms with E-state index < -0.39 is 0 Å². The first-order chi connectivity index (χ1) is 4.33. The molecule has 2 aliphatic heterocycles. The largest absolute Gasteiger partial charge is 0.315 e. The normalized spacial score (nSPS) is 30.9. The first-order valence-electron chi connectivity index (χ1n) is 3.28. The molecule has 50 valence electrons. The van der Waals surface area contributed by atoms with Gasteiger partial charge in [-0.3, -0.25) is 4.79 Å². The molecular weight excluding hydrogens is 116 g/mol. The highest BCUT2D eigenvalue weighted by Crippen LogP contribution is 2.25. The summed E-state index contributed by atoms with van der Waals surface area (Å²) in [6.45, 7) is 3.25. The van der Waals surface area contributed by atoms with Gasteiger partial charge in [0, 0.05) is 19.6 Å². The Morgan fingerprint density at radius 2 is 1.89 bits per heavy atom. The van der Waals surface area contributed by atoms with Crippen molar-refractivity contribution in [1.29, 1.82) is 0 Å². The molecule has 2 heterocycles. The van der Waals surface area contributed by atoms with Gasteiger partial charge in [-0.2, -0.15) is 0 Å². The Bertz CT molecular complexity index is 151. The van der Waals surface area contributed by atoms with E-state index in [9.17, 15) is 4.79 Å². The summed E-state index contributed by atoms with van der Waals surface area (Å²) in [5.41, 5.74) is 0.0139. The Labute approximate surface area is 53.8 Å². The van der Waals surface area contributed by atoms with Gasteiger partial charge in [0.15, 0.2) is 5.78 Å². The van der Waals surface area contributed by atoms with Gasteiger partial charge in [-0.25, -0.2) is 0 Å². The Morgan fingerprint density at radius 3 is 2.11 bits per heavy atom. The molecule has 9 heavy (non-hydrogen) atoms. The van der Waals surface area contributed by atoms with Crippen LogP contribution in [0.3, 0.4) is 0 Å². The molecule has 0 aromatic heterocycles. The Kier molecular flexibility index (Phi) is 0.926. The average Bonchev–Trinajstić information content (AvgIpc) is 2.07. The van der Waals surface area contributed by atoms with E-state index in [1.165, 1.54) is 0 Å². The average molecular weight is 126 g/mol. The second kappa shape index (κ2) is 1.55. The van der Waals surface area contributed by atoms with Gasteiger partial charge in [-0.15, -0.1) is 0 Å². The van der Waals surface area contributed by atoms with Crippen LogP contribution >= 0.6 is 0 Å². The fourth-order valence-corrected chi connectivity index (χ4v) is 1.45. The zero-order chi connectivity index (χ0) is 6.32. The van der Waals surface area contributed by atoms with E-state index in [1.54, 1.807) is 0 Å². The third kappa shape index (κ3) is 0.559. The van der Waals surface area contributed by atoms with Gasteiger partial charge < -0.3 is 10.6 Å². The van der Waals surface area contributed by atoms with Crippen LogP contribution in [0.2, 0.25) is 0 Å².